The summed E-state index contributed by atoms with van der Waals surface area (Å²) >= 11 is 0. The van der Waals surface area contributed by atoms with E-state index in [9.17, 15) is 4.79 Å². The van der Waals surface area contributed by atoms with Crippen molar-refractivity contribution in [1.29, 1.82) is 0 Å². The fourth-order valence-electron chi connectivity index (χ4n) is 1.81. The van der Waals surface area contributed by atoms with Crippen molar-refractivity contribution in [1.82, 2.24) is 0 Å². The summed E-state index contributed by atoms with van der Waals surface area (Å²) in [7, 11) is 0. The van der Waals surface area contributed by atoms with E-state index in [1.807, 2.05) is 0 Å². The summed E-state index contributed by atoms with van der Waals surface area (Å²) in [6.45, 7) is 0. The van der Waals surface area contributed by atoms with E-state index in [-0.39, 0.29) is 0 Å². The van der Waals surface area contributed by atoms with Gasteiger partial charge in [-0.2, -0.15) is 0 Å². The van der Waals surface area contributed by atoms with Gasteiger partial charge in [-0.15, -0.1) is 0 Å². The first-order chi connectivity index (χ1) is 4.36. The van der Waals surface area contributed by atoms with Crippen LogP contribution in [-0.4, -0.2) is 5.78 Å². The SMILES string of the molecule is O=C1CC2C=CCC1C2. The minimum absolute atomic E-state index is 0.403. The number of hydrogen-bond donors (Lipinski definition) is 0. The van der Waals surface area contributed by atoms with Crippen molar-refractivity contribution in [3.8, 4) is 0 Å². The number of fused-ring (bicyclic) bond motifs is 2. The topological polar surface area (TPSA) is 17.1 Å². The van der Waals surface area contributed by atoms with Crippen molar-refractivity contribution in [2.75, 3.05) is 0 Å². The van der Waals surface area contributed by atoms with Crippen LogP contribution in [0, 0.1) is 11.8 Å². The third-order valence-electron chi connectivity index (χ3n) is 2.33. The van der Waals surface area contributed by atoms with Gasteiger partial charge in [-0.3, -0.25) is 4.79 Å². The Bertz CT molecular complexity index is 169. The Morgan fingerprint density at radius 3 is 3.11 bits per heavy atom. The van der Waals surface area contributed by atoms with Crippen molar-refractivity contribution >= 4 is 5.78 Å². The van der Waals surface area contributed by atoms with Gasteiger partial charge in [-0.25, -0.2) is 0 Å². The second-order valence-electron chi connectivity index (χ2n) is 3.03. The van der Waals surface area contributed by atoms with Gasteiger partial charge in [0.05, 0.1) is 0 Å². The molecule has 0 heterocycles. The molecule has 0 saturated heterocycles. The second kappa shape index (κ2) is 1.69. The zero-order chi connectivity index (χ0) is 6.27. The summed E-state index contributed by atoms with van der Waals surface area (Å²) in [6.07, 6.45) is 7.32. The van der Waals surface area contributed by atoms with Gasteiger partial charge in [0.25, 0.3) is 0 Å². The standard InChI is InChI=1S/C8H10O/c9-8-5-6-2-1-3-7(8)4-6/h1-2,6-7H,3-5H2. The van der Waals surface area contributed by atoms with E-state index in [1.165, 1.54) is 0 Å². The van der Waals surface area contributed by atoms with E-state index in [0.29, 0.717) is 17.6 Å². The van der Waals surface area contributed by atoms with Gasteiger partial charge in [0.15, 0.2) is 0 Å². The first kappa shape index (κ1) is 5.21. The average Bonchev–Trinajstić information content (AvgIpc) is 2.09. The zero-order valence-electron chi connectivity index (χ0n) is 5.34. The van der Waals surface area contributed by atoms with Crippen molar-refractivity contribution in [2.45, 2.75) is 19.3 Å². The fraction of sp³-hybridized carbons (Fsp3) is 0.625. The maximum atomic E-state index is 11.0. The molecular formula is C8H10O. The zero-order valence-corrected chi connectivity index (χ0v) is 5.34. The van der Waals surface area contributed by atoms with E-state index in [2.05, 4.69) is 12.2 Å². The summed E-state index contributed by atoms with van der Waals surface area (Å²) in [5, 5.41) is 0. The molecule has 1 nitrogen and oxygen atoms in total. The summed E-state index contributed by atoms with van der Waals surface area (Å²) in [5.74, 6) is 1.50. The van der Waals surface area contributed by atoms with Crippen molar-refractivity contribution in [2.24, 2.45) is 11.8 Å². The van der Waals surface area contributed by atoms with Crippen LogP contribution in [-0.2, 0) is 4.79 Å². The summed E-state index contributed by atoms with van der Waals surface area (Å²) in [6, 6.07) is 0. The van der Waals surface area contributed by atoms with Crippen LogP contribution in [0.4, 0.5) is 0 Å². The van der Waals surface area contributed by atoms with Crippen LogP contribution in [0.15, 0.2) is 12.2 Å². The number of carbonyl (C=O) groups is 1. The second-order valence-corrected chi connectivity index (χ2v) is 3.03. The molecule has 0 N–H and O–H groups in total. The maximum Gasteiger partial charge on any atom is 0.136 e. The van der Waals surface area contributed by atoms with Gasteiger partial charge in [-0.1, -0.05) is 12.2 Å². The van der Waals surface area contributed by atoms with Crippen LogP contribution < -0.4 is 0 Å². The molecule has 2 aliphatic rings. The molecule has 1 saturated carbocycles. The number of rotatable bonds is 0. The Labute approximate surface area is 54.8 Å². The number of hydrogen-bond acceptors (Lipinski definition) is 1. The molecule has 2 atom stereocenters. The largest absolute Gasteiger partial charge is 0.299 e. The monoisotopic (exact) mass is 122 g/mol. The highest BCUT2D eigenvalue weighted by Gasteiger charge is 2.32. The third kappa shape index (κ3) is 0.716. The highest BCUT2D eigenvalue weighted by Crippen LogP contribution is 2.34. The Morgan fingerprint density at radius 2 is 2.44 bits per heavy atom. The molecular weight excluding hydrogens is 112 g/mol. The molecule has 0 aromatic rings. The van der Waals surface area contributed by atoms with E-state index >= 15 is 0 Å². The predicted molar refractivity (Wildman–Crippen MR) is 35.0 cm³/mol. The number of allylic oxidation sites excluding steroid dienone is 2. The van der Waals surface area contributed by atoms with E-state index in [0.717, 1.165) is 19.3 Å². The van der Waals surface area contributed by atoms with Crippen molar-refractivity contribution in [3.05, 3.63) is 12.2 Å². The lowest BCUT2D eigenvalue weighted by Crippen LogP contribution is -2.04. The van der Waals surface area contributed by atoms with Crippen molar-refractivity contribution < 1.29 is 4.79 Å². The molecule has 0 spiro atoms. The maximum absolute atomic E-state index is 11.0. The lowest BCUT2D eigenvalue weighted by Gasteiger charge is -2.08. The molecule has 2 rings (SSSR count). The molecule has 48 valence electrons. The number of ketones is 1. The number of carbonyl (C=O) groups excluding carboxylic acids is 1. The highest BCUT2D eigenvalue weighted by molar-refractivity contribution is 5.84. The van der Waals surface area contributed by atoms with Crippen LogP contribution in [0.1, 0.15) is 19.3 Å². The summed E-state index contributed by atoms with van der Waals surface area (Å²) < 4.78 is 0. The van der Waals surface area contributed by atoms with Gasteiger partial charge in [0, 0.05) is 12.3 Å². The van der Waals surface area contributed by atoms with Crippen molar-refractivity contribution in [3.63, 3.8) is 0 Å². The highest BCUT2D eigenvalue weighted by atomic mass is 16.1. The molecule has 2 aliphatic carbocycles. The minimum atomic E-state index is 0.403. The first-order valence-electron chi connectivity index (χ1n) is 3.55. The Kier molecular flexibility index (Phi) is 0.981. The van der Waals surface area contributed by atoms with Gasteiger partial charge in [0.2, 0.25) is 0 Å². The van der Waals surface area contributed by atoms with Crippen LogP contribution in [0.3, 0.4) is 0 Å². The predicted octanol–water partition coefficient (Wildman–Crippen LogP) is 1.54. The molecule has 0 aliphatic heterocycles. The average molecular weight is 122 g/mol. The molecule has 2 unspecified atom stereocenters. The van der Waals surface area contributed by atoms with E-state index in [1.54, 1.807) is 0 Å². The quantitative estimate of drug-likeness (QED) is 0.445. The molecule has 1 heteroatoms. The minimum Gasteiger partial charge on any atom is -0.299 e. The molecule has 0 aromatic carbocycles. The fourth-order valence-corrected chi connectivity index (χ4v) is 1.81. The van der Waals surface area contributed by atoms with Gasteiger partial charge in [-0.05, 0) is 18.8 Å². The number of Topliss-reactive ketones (excluding diaryl/α,β-unsaturated/α-hetero) is 1. The Balaban J connectivity index is 2.26. The van der Waals surface area contributed by atoms with Gasteiger partial charge >= 0.3 is 0 Å². The molecule has 9 heavy (non-hydrogen) atoms. The molecule has 1 fully saturated rings. The Morgan fingerprint density at radius 1 is 1.56 bits per heavy atom. The van der Waals surface area contributed by atoms with Crippen LogP contribution >= 0.6 is 0 Å². The molecule has 0 amide bonds. The molecule has 0 aromatic heterocycles. The lowest BCUT2D eigenvalue weighted by molar-refractivity contribution is -0.120. The van der Waals surface area contributed by atoms with Gasteiger partial charge in [0.1, 0.15) is 5.78 Å². The summed E-state index contributed by atoms with van der Waals surface area (Å²) in [5.41, 5.74) is 0. The van der Waals surface area contributed by atoms with E-state index in [4.69, 9.17) is 0 Å². The smallest absolute Gasteiger partial charge is 0.136 e. The van der Waals surface area contributed by atoms with E-state index < -0.39 is 0 Å². The lowest BCUT2D eigenvalue weighted by atomic mass is 9.96. The normalized spacial score (nSPS) is 39.8. The van der Waals surface area contributed by atoms with Crippen LogP contribution in [0.5, 0.6) is 0 Å². The van der Waals surface area contributed by atoms with Crippen LogP contribution in [0.25, 0.3) is 0 Å². The van der Waals surface area contributed by atoms with Crippen LogP contribution in [0.2, 0.25) is 0 Å². The third-order valence-corrected chi connectivity index (χ3v) is 2.33. The Hall–Kier alpha value is -0.590. The first-order valence-corrected chi connectivity index (χ1v) is 3.55. The summed E-state index contributed by atoms with van der Waals surface area (Å²) in [4.78, 5) is 11.0. The molecule has 2 bridgehead atoms. The molecule has 0 radical (unpaired) electrons. The van der Waals surface area contributed by atoms with Gasteiger partial charge < -0.3 is 0 Å².